The average molecular weight is 341 g/mol. The van der Waals surface area contributed by atoms with Crippen LogP contribution in [0.3, 0.4) is 0 Å². The molecule has 0 spiro atoms. The molecule has 2 aromatic rings. The van der Waals surface area contributed by atoms with Gasteiger partial charge in [0.25, 0.3) is 0 Å². The van der Waals surface area contributed by atoms with Gasteiger partial charge in [-0.25, -0.2) is 4.39 Å². The van der Waals surface area contributed by atoms with Crippen LogP contribution in [0.2, 0.25) is 0 Å². The van der Waals surface area contributed by atoms with Crippen molar-refractivity contribution in [1.82, 2.24) is 4.90 Å². The van der Waals surface area contributed by atoms with E-state index in [1.54, 1.807) is 17.0 Å². The number of hydrogen-bond acceptors (Lipinski definition) is 2. The second kappa shape index (κ2) is 7.47. The molecular weight excluding hydrogens is 321 g/mol. The average Bonchev–Trinajstić information content (AvgIpc) is 2.55. The van der Waals surface area contributed by atoms with Crippen molar-refractivity contribution in [3.63, 3.8) is 0 Å². The van der Waals surface area contributed by atoms with Crippen LogP contribution in [0, 0.1) is 17.7 Å². The summed E-state index contributed by atoms with van der Waals surface area (Å²) in [6, 6.07) is 15.6. The molecule has 0 radical (unpaired) electrons. The van der Waals surface area contributed by atoms with E-state index < -0.39 is 17.8 Å². The van der Waals surface area contributed by atoms with Crippen molar-refractivity contribution in [3.8, 4) is 0 Å². The van der Waals surface area contributed by atoms with Crippen LogP contribution >= 0.6 is 0 Å². The van der Waals surface area contributed by atoms with Crippen molar-refractivity contribution in [2.75, 3.05) is 0 Å². The molecule has 1 fully saturated rings. The number of halogens is 1. The van der Waals surface area contributed by atoms with Gasteiger partial charge in [0.05, 0.1) is 11.8 Å². The van der Waals surface area contributed by atoms with Crippen molar-refractivity contribution in [3.05, 3.63) is 71.5 Å². The molecule has 1 aliphatic rings. The monoisotopic (exact) mass is 341 g/mol. The van der Waals surface area contributed by atoms with Gasteiger partial charge in [-0.15, -0.1) is 0 Å². The van der Waals surface area contributed by atoms with E-state index in [1.807, 2.05) is 30.3 Å². The van der Waals surface area contributed by atoms with Crippen LogP contribution in [0.25, 0.3) is 0 Å². The van der Waals surface area contributed by atoms with Gasteiger partial charge in [0, 0.05) is 13.1 Å². The van der Waals surface area contributed by atoms with Gasteiger partial charge in [-0.3, -0.25) is 9.59 Å². The highest BCUT2D eigenvalue weighted by molar-refractivity contribution is 5.86. The number of carboxylic acids is 1. The normalized spacial score (nSPS) is 19.1. The summed E-state index contributed by atoms with van der Waals surface area (Å²) in [5, 5.41) is 9.23. The summed E-state index contributed by atoms with van der Waals surface area (Å²) >= 11 is 0. The van der Waals surface area contributed by atoms with Gasteiger partial charge in [0.2, 0.25) is 5.91 Å². The zero-order chi connectivity index (χ0) is 17.8. The fourth-order valence-electron chi connectivity index (χ4n) is 3.15. The van der Waals surface area contributed by atoms with E-state index in [2.05, 4.69) is 0 Å². The lowest BCUT2D eigenvalue weighted by Gasteiger charge is -2.36. The highest BCUT2D eigenvalue weighted by Crippen LogP contribution is 2.36. The van der Waals surface area contributed by atoms with E-state index in [0.29, 0.717) is 25.9 Å². The Balaban J connectivity index is 1.79. The maximum absolute atomic E-state index is 13.1. The smallest absolute Gasteiger partial charge is 0.307 e. The second-order valence-corrected chi connectivity index (χ2v) is 6.43. The number of amides is 1. The quantitative estimate of drug-likeness (QED) is 0.875. The number of aliphatic carboxylic acids is 1. The fraction of sp³-hybridized carbons (Fsp3) is 0.300. The minimum absolute atomic E-state index is 0.146. The number of nitrogens with zero attached hydrogens (tertiary/aromatic N) is 1. The third-order valence-corrected chi connectivity index (χ3v) is 4.72. The Morgan fingerprint density at radius 1 is 0.920 bits per heavy atom. The summed E-state index contributed by atoms with van der Waals surface area (Å²) in [5.41, 5.74) is 1.79. The molecule has 130 valence electrons. The lowest BCUT2D eigenvalue weighted by atomic mass is 9.73. The van der Waals surface area contributed by atoms with Gasteiger partial charge < -0.3 is 10.0 Å². The van der Waals surface area contributed by atoms with Crippen LogP contribution in [0.4, 0.5) is 4.39 Å². The fourth-order valence-corrected chi connectivity index (χ4v) is 3.15. The van der Waals surface area contributed by atoms with Gasteiger partial charge in [-0.05, 0) is 36.1 Å². The van der Waals surface area contributed by atoms with E-state index in [4.69, 9.17) is 0 Å². The number of carbonyl (C=O) groups excluding carboxylic acids is 1. The zero-order valence-electron chi connectivity index (χ0n) is 13.8. The van der Waals surface area contributed by atoms with Crippen LogP contribution in [-0.4, -0.2) is 21.9 Å². The number of carboxylic acid groups (broad SMARTS) is 1. The minimum atomic E-state index is -0.911. The van der Waals surface area contributed by atoms with Gasteiger partial charge in [0.15, 0.2) is 0 Å². The Morgan fingerprint density at radius 2 is 1.48 bits per heavy atom. The van der Waals surface area contributed by atoms with Crippen molar-refractivity contribution >= 4 is 11.9 Å². The Labute approximate surface area is 145 Å². The van der Waals surface area contributed by atoms with E-state index in [-0.39, 0.29) is 11.7 Å². The molecule has 4 nitrogen and oxygen atoms in total. The molecule has 2 atom stereocenters. The summed E-state index contributed by atoms with van der Waals surface area (Å²) in [6.45, 7) is 0.733. The Kier molecular flexibility index (Phi) is 5.12. The lowest BCUT2D eigenvalue weighted by molar-refractivity contribution is -0.157. The summed E-state index contributed by atoms with van der Waals surface area (Å²) < 4.78 is 13.1. The third kappa shape index (κ3) is 4.05. The molecule has 0 saturated heterocycles. The van der Waals surface area contributed by atoms with Crippen molar-refractivity contribution < 1.29 is 19.1 Å². The molecule has 0 aromatic heterocycles. The van der Waals surface area contributed by atoms with Crippen LogP contribution in [-0.2, 0) is 22.7 Å². The van der Waals surface area contributed by atoms with E-state index >= 15 is 0 Å². The van der Waals surface area contributed by atoms with Gasteiger partial charge in [0.1, 0.15) is 5.82 Å². The largest absolute Gasteiger partial charge is 0.481 e. The van der Waals surface area contributed by atoms with Gasteiger partial charge >= 0.3 is 5.97 Å². The summed E-state index contributed by atoms with van der Waals surface area (Å²) in [6.07, 6.45) is 1.14. The Bertz CT molecular complexity index is 745. The standard InChI is InChI=1S/C20H20FNO3/c21-16-8-6-15(7-9-16)13-22(12-14-4-2-1-3-5-14)19(23)17-10-11-18(17)20(24)25/h1-9,17-18H,10-13H2,(H,24,25). The summed E-state index contributed by atoms with van der Waals surface area (Å²) in [4.78, 5) is 25.8. The van der Waals surface area contributed by atoms with Crippen molar-refractivity contribution in [1.29, 1.82) is 0 Å². The number of rotatable bonds is 6. The molecule has 0 bridgehead atoms. The molecule has 5 heteroatoms. The topological polar surface area (TPSA) is 57.6 Å². The second-order valence-electron chi connectivity index (χ2n) is 6.43. The first-order valence-electron chi connectivity index (χ1n) is 8.34. The predicted octanol–water partition coefficient (Wildman–Crippen LogP) is 3.47. The lowest BCUT2D eigenvalue weighted by Crippen LogP contribution is -2.45. The molecule has 0 heterocycles. The molecule has 3 rings (SSSR count). The van der Waals surface area contributed by atoms with E-state index in [1.165, 1.54) is 12.1 Å². The molecular formula is C20H20FNO3. The highest BCUT2D eigenvalue weighted by atomic mass is 19.1. The summed E-state index contributed by atoms with van der Waals surface area (Å²) in [7, 11) is 0. The maximum atomic E-state index is 13.1. The van der Waals surface area contributed by atoms with Crippen LogP contribution in [0.5, 0.6) is 0 Å². The maximum Gasteiger partial charge on any atom is 0.307 e. The first-order valence-corrected chi connectivity index (χ1v) is 8.34. The molecule has 1 amide bonds. The zero-order valence-corrected chi connectivity index (χ0v) is 13.8. The molecule has 2 aromatic carbocycles. The minimum Gasteiger partial charge on any atom is -0.481 e. The molecule has 2 unspecified atom stereocenters. The van der Waals surface area contributed by atoms with Crippen molar-refractivity contribution in [2.24, 2.45) is 11.8 Å². The van der Waals surface area contributed by atoms with Gasteiger partial charge in [-0.2, -0.15) is 0 Å². The number of benzene rings is 2. The molecule has 25 heavy (non-hydrogen) atoms. The third-order valence-electron chi connectivity index (χ3n) is 4.72. The number of hydrogen-bond donors (Lipinski definition) is 1. The first-order chi connectivity index (χ1) is 12.0. The highest BCUT2D eigenvalue weighted by Gasteiger charge is 2.43. The molecule has 1 aliphatic carbocycles. The Hall–Kier alpha value is -2.69. The van der Waals surface area contributed by atoms with E-state index in [0.717, 1.165) is 11.1 Å². The van der Waals surface area contributed by atoms with Gasteiger partial charge in [-0.1, -0.05) is 42.5 Å². The van der Waals surface area contributed by atoms with Crippen LogP contribution in [0.15, 0.2) is 54.6 Å². The Morgan fingerprint density at radius 3 is 2.00 bits per heavy atom. The SMILES string of the molecule is O=C(O)C1CCC1C(=O)N(Cc1ccccc1)Cc1ccc(F)cc1. The van der Waals surface area contributed by atoms with Crippen LogP contribution in [0.1, 0.15) is 24.0 Å². The first kappa shape index (κ1) is 17.1. The number of carbonyl (C=O) groups is 2. The van der Waals surface area contributed by atoms with E-state index in [9.17, 15) is 19.1 Å². The van der Waals surface area contributed by atoms with Crippen LogP contribution < -0.4 is 0 Å². The molecule has 1 N–H and O–H groups in total. The predicted molar refractivity (Wildman–Crippen MR) is 90.9 cm³/mol. The van der Waals surface area contributed by atoms with Crippen molar-refractivity contribution in [2.45, 2.75) is 25.9 Å². The molecule has 1 saturated carbocycles. The summed E-state index contributed by atoms with van der Waals surface area (Å²) in [5.74, 6) is -2.45. The molecule has 0 aliphatic heterocycles.